The number of halogens is 1. The molecule has 3 aromatic carbocycles. The Labute approximate surface area is 184 Å². The lowest BCUT2D eigenvalue weighted by molar-refractivity contribution is -0.118. The predicted octanol–water partition coefficient (Wildman–Crippen LogP) is 3.52. The lowest BCUT2D eigenvalue weighted by Gasteiger charge is -2.21. The first-order chi connectivity index (χ1) is 14.2. The van der Waals surface area contributed by atoms with Gasteiger partial charge in [-0.15, -0.1) is 0 Å². The van der Waals surface area contributed by atoms with Gasteiger partial charge in [0.15, 0.2) is 6.61 Å². The van der Waals surface area contributed by atoms with Crippen LogP contribution in [0.3, 0.4) is 0 Å². The van der Waals surface area contributed by atoms with Crippen molar-refractivity contribution >= 4 is 67.1 Å². The number of nitrogens with zero attached hydrogens (tertiary/aromatic N) is 1. The molecule has 30 heavy (non-hydrogen) atoms. The molecule has 10 heteroatoms. The maximum absolute atomic E-state index is 12.2. The predicted molar refractivity (Wildman–Crippen MR) is 122 cm³/mol. The zero-order valence-electron chi connectivity index (χ0n) is 15.8. The summed E-state index contributed by atoms with van der Waals surface area (Å²) in [5.74, 6) is -0.506. The number of ether oxygens (including phenoxy) is 1. The highest BCUT2D eigenvalue weighted by molar-refractivity contribution is 7.89. The Bertz CT molecular complexity index is 1230. The summed E-state index contributed by atoms with van der Waals surface area (Å²) >= 11 is 11.3. The van der Waals surface area contributed by atoms with Crippen molar-refractivity contribution < 1.29 is 17.9 Å². The van der Waals surface area contributed by atoms with Crippen molar-refractivity contribution in [3.05, 3.63) is 65.7 Å². The Kier molecular flexibility index (Phi) is 6.57. The SMILES string of the molecule is CN(C(=S)OCC(=O)Nc1ccc(S(N)(=O)=O)cc1Cl)c1cccc2ccccc12. The fraction of sp³-hybridized carbons (Fsp3) is 0.100. The molecule has 0 aliphatic rings. The van der Waals surface area contributed by atoms with Gasteiger partial charge < -0.3 is 15.0 Å². The average Bonchev–Trinajstić information content (AvgIpc) is 2.71. The molecule has 0 saturated carbocycles. The molecule has 0 spiro atoms. The molecule has 156 valence electrons. The monoisotopic (exact) mass is 463 g/mol. The third kappa shape index (κ3) is 5.06. The van der Waals surface area contributed by atoms with E-state index in [9.17, 15) is 13.2 Å². The summed E-state index contributed by atoms with van der Waals surface area (Å²) in [4.78, 5) is 13.7. The minimum absolute atomic E-state index is 0.0327. The van der Waals surface area contributed by atoms with Crippen molar-refractivity contribution in [2.75, 3.05) is 23.9 Å². The van der Waals surface area contributed by atoms with Crippen molar-refractivity contribution in [1.29, 1.82) is 0 Å². The highest BCUT2D eigenvalue weighted by Gasteiger charge is 2.15. The summed E-state index contributed by atoms with van der Waals surface area (Å²) in [6, 6.07) is 17.4. The molecule has 1 amide bonds. The van der Waals surface area contributed by atoms with Crippen LogP contribution in [0.4, 0.5) is 11.4 Å². The number of thiocarbonyl (C=S) groups is 1. The van der Waals surface area contributed by atoms with Gasteiger partial charge in [0.25, 0.3) is 11.1 Å². The normalized spacial score (nSPS) is 11.2. The second-order valence-electron chi connectivity index (χ2n) is 6.35. The van der Waals surface area contributed by atoms with E-state index in [4.69, 9.17) is 33.7 Å². The molecule has 0 unspecified atom stereocenters. The average molecular weight is 464 g/mol. The maximum Gasteiger partial charge on any atom is 0.264 e. The third-order valence-corrected chi connectivity index (χ3v) is 5.89. The van der Waals surface area contributed by atoms with Crippen LogP contribution in [0.15, 0.2) is 65.6 Å². The second-order valence-corrected chi connectivity index (χ2v) is 8.66. The number of nitrogens with two attached hydrogens (primary N) is 1. The topological polar surface area (TPSA) is 102 Å². The van der Waals surface area contributed by atoms with Crippen LogP contribution in [0, 0.1) is 0 Å². The summed E-state index contributed by atoms with van der Waals surface area (Å²) in [6.07, 6.45) is 0. The molecule has 3 N–H and O–H groups in total. The number of amides is 1. The number of fused-ring (bicyclic) bond motifs is 1. The minimum Gasteiger partial charge on any atom is -0.461 e. The van der Waals surface area contributed by atoms with Crippen LogP contribution in [0.2, 0.25) is 5.02 Å². The Morgan fingerprint density at radius 2 is 1.87 bits per heavy atom. The van der Waals surface area contributed by atoms with Crippen LogP contribution in [0.5, 0.6) is 0 Å². The Morgan fingerprint density at radius 3 is 2.57 bits per heavy atom. The molecule has 0 bridgehead atoms. The number of benzene rings is 3. The molecular weight excluding hydrogens is 446 g/mol. The standard InChI is InChI=1S/C20H18ClN3O4S2/c1-24(18-8-4-6-13-5-2-3-7-15(13)18)20(29)28-12-19(25)23-17-10-9-14(11-16(17)21)30(22,26)27/h2-11H,12H2,1H3,(H,23,25)(H2,22,26,27). The summed E-state index contributed by atoms with van der Waals surface area (Å²) < 4.78 is 28.1. The Morgan fingerprint density at radius 1 is 1.17 bits per heavy atom. The van der Waals surface area contributed by atoms with E-state index >= 15 is 0 Å². The number of carbonyl (C=O) groups is 1. The van der Waals surface area contributed by atoms with E-state index in [1.165, 1.54) is 12.1 Å². The number of nitrogens with one attached hydrogen (secondary N) is 1. The van der Waals surface area contributed by atoms with E-state index in [-0.39, 0.29) is 27.4 Å². The van der Waals surface area contributed by atoms with E-state index in [0.29, 0.717) is 0 Å². The number of carbonyl (C=O) groups excluding carboxylic acids is 1. The number of sulfonamides is 1. The molecule has 0 atom stereocenters. The third-order valence-electron chi connectivity index (χ3n) is 4.27. The molecule has 0 fully saturated rings. The van der Waals surface area contributed by atoms with Crippen molar-refractivity contribution in [3.8, 4) is 0 Å². The van der Waals surface area contributed by atoms with Gasteiger partial charge >= 0.3 is 0 Å². The molecule has 0 aliphatic carbocycles. The first kappa shape index (κ1) is 22.0. The van der Waals surface area contributed by atoms with Gasteiger partial charge in [-0.1, -0.05) is 48.0 Å². The van der Waals surface area contributed by atoms with Gasteiger partial charge in [-0.2, -0.15) is 0 Å². The van der Waals surface area contributed by atoms with Crippen molar-refractivity contribution in [2.24, 2.45) is 5.14 Å². The maximum atomic E-state index is 12.2. The van der Waals surface area contributed by atoms with Crippen molar-refractivity contribution in [2.45, 2.75) is 4.90 Å². The lowest BCUT2D eigenvalue weighted by atomic mass is 10.1. The zero-order valence-corrected chi connectivity index (χ0v) is 18.2. The molecule has 7 nitrogen and oxygen atoms in total. The number of hydrogen-bond donors (Lipinski definition) is 2. The van der Waals surface area contributed by atoms with Gasteiger partial charge in [-0.3, -0.25) is 4.79 Å². The van der Waals surface area contributed by atoms with Gasteiger partial charge in [0.2, 0.25) is 10.0 Å². The molecule has 0 heterocycles. The van der Waals surface area contributed by atoms with Crippen LogP contribution < -0.4 is 15.4 Å². The number of hydrogen-bond acceptors (Lipinski definition) is 5. The van der Waals surface area contributed by atoms with E-state index in [2.05, 4.69) is 5.32 Å². The fourth-order valence-electron chi connectivity index (χ4n) is 2.78. The summed E-state index contributed by atoms with van der Waals surface area (Å²) in [5.41, 5.74) is 1.08. The molecule has 3 aromatic rings. The van der Waals surface area contributed by atoms with Crippen LogP contribution in [0.25, 0.3) is 10.8 Å². The van der Waals surface area contributed by atoms with E-state index in [0.717, 1.165) is 22.5 Å². The van der Waals surface area contributed by atoms with Crippen molar-refractivity contribution in [3.63, 3.8) is 0 Å². The summed E-state index contributed by atoms with van der Waals surface area (Å²) in [5, 5.41) is 9.81. The van der Waals surface area contributed by atoms with Gasteiger partial charge in [-0.25, -0.2) is 13.6 Å². The van der Waals surface area contributed by atoms with Gasteiger partial charge in [0.05, 0.1) is 21.3 Å². The van der Waals surface area contributed by atoms with Gasteiger partial charge in [0, 0.05) is 12.4 Å². The van der Waals surface area contributed by atoms with Crippen molar-refractivity contribution in [1.82, 2.24) is 0 Å². The van der Waals surface area contributed by atoms with Crippen LogP contribution in [-0.2, 0) is 19.6 Å². The molecule has 0 radical (unpaired) electrons. The van der Waals surface area contributed by atoms with E-state index in [1.54, 1.807) is 11.9 Å². The molecular formula is C20H18ClN3O4S2. The first-order valence-corrected chi connectivity index (χ1v) is 11.0. The first-order valence-electron chi connectivity index (χ1n) is 8.67. The number of rotatable bonds is 5. The van der Waals surface area contributed by atoms with Gasteiger partial charge in [0.1, 0.15) is 0 Å². The number of primary sulfonamides is 1. The van der Waals surface area contributed by atoms with E-state index in [1.807, 2.05) is 42.5 Å². The fourth-order valence-corrected chi connectivity index (χ4v) is 3.77. The largest absolute Gasteiger partial charge is 0.461 e. The van der Waals surface area contributed by atoms with Gasteiger partial charge in [-0.05, 0) is 41.9 Å². The molecule has 0 aliphatic heterocycles. The lowest BCUT2D eigenvalue weighted by Crippen LogP contribution is -2.30. The minimum atomic E-state index is -3.89. The zero-order chi connectivity index (χ0) is 21.9. The number of anilines is 2. The summed E-state index contributed by atoms with van der Waals surface area (Å²) in [7, 11) is -2.13. The Balaban J connectivity index is 1.64. The smallest absolute Gasteiger partial charge is 0.264 e. The summed E-state index contributed by atoms with van der Waals surface area (Å²) in [6.45, 7) is -0.346. The highest BCUT2D eigenvalue weighted by atomic mass is 35.5. The van der Waals surface area contributed by atoms with Crippen LogP contribution in [0.1, 0.15) is 0 Å². The Hall–Kier alpha value is -2.72. The quantitative estimate of drug-likeness (QED) is 0.561. The second kappa shape index (κ2) is 8.97. The molecule has 0 aromatic heterocycles. The van der Waals surface area contributed by atoms with Crippen LogP contribution in [-0.4, -0.2) is 33.2 Å². The molecule has 3 rings (SSSR count). The van der Waals surface area contributed by atoms with E-state index < -0.39 is 15.9 Å². The highest BCUT2D eigenvalue weighted by Crippen LogP contribution is 2.27. The van der Waals surface area contributed by atoms with Crippen LogP contribution >= 0.6 is 23.8 Å². The molecule has 0 saturated heterocycles.